The number of imide groups is 1. The highest BCUT2D eigenvalue weighted by atomic mass is 16.4. The zero-order valence-electron chi connectivity index (χ0n) is 15.7. The van der Waals surface area contributed by atoms with Gasteiger partial charge in [0.15, 0.2) is 0 Å². The van der Waals surface area contributed by atoms with Crippen LogP contribution < -0.4 is 10.2 Å². The molecular formula is C23H16N2O5. The molecular weight excluding hydrogens is 384 g/mol. The second kappa shape index (κ2) is 7.63. The number of fused-ring (bicyclic) bond motifs is 1. The number of nitrogens with zero attached hydrogens (tertiary/aromatic N) is 1. The molecule has 0 radical (unpaired) electrons. The summed E-state index contributed by atoms with van der Waals surface area (Å²) in [5.74, 6) is -2.12. The molecule has 7 nitrogen and oxygen atoms in total. The van der Waals surface area contributed by atoms with E-state index in [1.807, 2.05) is 0 Å². The Morgan fingerprint density at radius 1 is 0.767 bits per heavy atom. The van der Waals surface area contributed by atoms with Crippen LogP contribution in [0.15, 0.2) is 72.8 Å². The van der Waals surface area contributed by atoms with E-state index in [0.29, 0.717) is 22.4 Å². The van der Waals surface area contributed by atoms with Gasteiger partial charge in [0.05, 0.1) is 22.4 Å². The molecule has 4 rings (SSSR count). The van der Waals surface area contributed by atoms with Gasteiger partial charge in [-0.3, -0.25) is 14.4 Å². The highest BCUT2D eigenvalue weighted by molar-refractivity contribution is 6.34. The molecule has 3 aromatic carbocycles. The Bertz CT molecular complexity index is 1130. The first kappa shape index (κ1) is 19.1. The van der Waals surface area contributed by atoms with Gasteiger partial charge in [0.1, 0.15) is 0 Å². The summed E-state index contributed by atoms with van der Waals surface area (Å²) < 4.78 is 0. The van der Waals surface area contributed by atoms with E-state index in [0.717, 1.165) is 10.5 Å². The number of rotatable bonds is 5. The molecule has 0 aliphatic carbocycles. The Hall–Kier alpha value is -4.26. The molecule has 1 aliphatic rings. The van der Waals surface area contributed by atoms with E-state index in [4.69, 9.17) is 5.11 Å². The summed E-state index contributed by atoms with van der Waals surface area (Å²) in [6.45, 7) is 0.235. The van der Waals surface area contributed by atoms with E-state index in [1.165, 1.54) is 12.1 Å². The number of nitrogens with one attached hydrogen (secondary N) is 1. The van der Waals surface area contributed by atoms with Crippen LogP contribution >= 0.6 is 0 Å². The van der Waals surface area contributed by atoms with Gasteiger partial charge in [0, 0.05) is 12.1 Å². The van der Waals surface area contributed by atoms with Gasteiger partial charge in [-0.25, -0.2) is 9.69 Å². The second-order valence-electron chi connectivity index (χ2n) is 6.72. The Balaban J connectivity index is 1.43. The highest BCUT2D eigenvalue weighted by Gasteiger charge is 2.36. The zero-order valence-corrected chi connectivity index (χ0v) is 15.7. The summed E-state index contributed by atoms with van der Waals surface area (Å²) in [4.78, 5) is 49.4. The molecule has 0 unspecified atom stereocenters. The molecule has 1 heterocycles. The Morgan fingerprint density at radius 3 is 1.83 bits per heavy atom. The summed E-state index contributed by atoms with van der Waals surface area (Å²) in [7, 11) is 0. The van der Waals surface area contributed by atoms with Crippen LogP contribution in [0.3, 0.4) is 0 Å². The van der Waals surface area contributed by atoms with Crippen molar-refractivity contribution in [3.05, 3.63) is 101 Å². The fraction of sp³-hybridized carbons (Fsp3) is 0.0435. The number of carbonyl (C=O) groups is 4. The van der Waals surface area contributed by atoms with Crippen molar-refractivity contribution in [2.24, 2.45) is 0 Å². The average molecular weight is 400 g/mol. The van der Waals surface area contributed by atoms with E-state index in [2.05, 4.69) is 5.32 Å². The number of carbonyl (C=O) groups excluding carboxylic acids is 3. The Morgan fingerprint density at radius 2 is 1.30 bits per heavy atom. The van der Waals surface area contributed by atoms with E-state index >= 15 is 0 Å². The zero-order chi connectivity index (χ0) is 21.3. The predicted molar refractivity (Wildman–Crippen MR) is 109 cm³/mol. The summed E-state index contributed by atoms with van der Waals surface area (Å²) >= 11 is 0. The average Bonchev–Trinajstić information content (AvgIpc) is 3.03. The van der Waals surface area contributed by atoms with Crippen LogP contribution in [0, 0.1) is 0 Å². The van der Waals surface area contributed by atoms with Crippen LogP contribution in [0.4, 0.5) is 5.69 Å². The third-order valence-corrected chi connectivity index (χ3v) is 4.84. The van der Waals surface area contributed by atoms with Crippen LogP contribution in [0.5, 0.6) is 0 Å². The van der Waals surface area contributed by atoms with Gasteiger partial charge in [0.2, 0.25) is 0 Å². The molecule has 3 aromatic rings. The molecule has 0 bridgehead atoms. The van der Waals surface area contributed by atoms with Crippen molar-refractivity contribution in [1.82, 2.24) is 5.32 Å². The minimum atomic E-state index is -1.01. The number of benzene rings is 3. The first-order valence-corrected chi connectivity index (χ1v) is 9.14. The maximum atomic E-state index is 12.5. The van der Waals surface area contributed by atoms with Crippen molar-refractivity contribution in [2.45, 2.75) is 6.54 Å². The largest absolute Gasteiger partial charge is 0.478 e. The topological polar surface area (TPSA) is 104 Å². The summed E-state index contributed by atoms with van der Waals surface area (Å²) in [6.07, 6.45) is 0. The number of aromatic carboxylic acids is 1. The van der Waals surface area contributed by atoms with Gasteiger partial charge in [-0.1, -0.05) is 24.3 Å². The number of anilines is 1. The predicted octanol–water partition coefficient (Wildman–Crippen LogP) is 3.12. The summed E-state index contributed by atoms with van der Waals surface area (Å²) in [5.41, 5.74) is 2.42. The van der Waals surface area contributed by atoms with Gasteiger partial charge in [-0.2, -0.15) is 0 Å². The van der Waals surface area contributed by atoms with Gasteiger partial charge < -0.3 is 10.4 Å². The third kappa shape index (κ3) is 3.44. The number of amides is 3. The standard InChI is InChI=1S/C23H16N2O5/c26-20(24-13-14-5-7-16(8-6-14)23(29)30)15-9-11-17(12-10-15)25-21(27)18-3-1-2-4-19(18)22(25)28/h1-12H,13H2,(H,24,26)(H,29,30). The summed E-state index contributed by atoms with van der Waals surface area (Å²) in [6, 6.07) is 19.0. The van der Waals surface area contributed by atoms with Crippen LogP contribution in [0.2, 0.25) is 0 Å². The van der Waals surface area contributed by atoms with Crippen LogP contribution in [-0.4, -0.2) is 28.8 Å². The van der Waals surface area contributed by atoms with Gasteiger partial charge in [-0.15, -0.1) is 0 Å². The number of carboxylic acid groups (broad SMARTS) is 1. The first-order chi connectivity index (χ1) is 14.5. The van der Waals surface area contributed by atoms with Crippen molar-refractivity contribution in [3.63, 3.8) is 0 Å². The second-order valence-corrected chi connectivity index (χ2v) is 6.72. The maximum absolute atomic E-state index is 12.5. The van der Waals surface area contributed by atoms with E-state index in [9.17, 15) is 19.2 Å². The molecule has 0 saturated heterocycles. The lowest BCUT2D eigenvalue weighted by Crippen LogP contribution is -2.29. The molecule has 0 aromatic heterocycles. The lowest BCUT2D eigenvalue weighted by atomic mass is 10.1. The maximum Gasteiger partial charge on any atom is 0.335 e. The van der Waals surface area contributed by atoms with Crippen molar-refractivity contribution in [2.75, 3.05) is 4.90 Å². The van der Waals surface area contributed by atoms with Crippen LogP contribution in [-0.2, 0) is 6.54 Å². The quantitative estimate of drug-likeness (QED) is 0.641. The Labute approximate surface area is 171 Å². The van der Waals surface area contributed by atoms with E-state index < -0.39 is 17.8 Å². The lowest BCUT2D eigenvalue weighted by molar-refractivity contribution is 0.0695. The molecule has 7 heteroatoms. The Kier molecular flexibility index (Phi) is 4.85. The lowest BCUT2D eigenvalue weighted by Gasteiger charge is -2.14. The van der Waals surface area contributed by atoms with Crippen molar-refractivity contribution < 1.29 is 24.3 Å². The molecule has 3 amide bonds. The minimum Gasteiger partial charge on any atom is -0.478 e. The number of hydrogen-bond acceptors (Lipinski definition) is 4. The molecule has 0 spiro atoms. The first-order valence-electron chi connectivity index (χ1n) is 9.14. The van der Waals surface area contributed by atoms with E-state index in [1.54, 1.807) is 60.7 Å². The third-order valence-electron chi connectivity index (χ3n) is 4.84. The van der Waals surface area contributed by atoms with Crippen molar-refractivity contribution >= 4 is 29.4 Å². The van der Waals surface area contributed by atoms with Gasteiger partial charge in [-0.05, 0) is 54.1 Å². The molecule has 2 N–H and O–H groups in total. The molecule has 0 saturated carbocycles. The monoisotopic (exact) mass is 400 g/mol. The molecule has 0 fully saturated rings. The van der Waals surface area contributed by atoms with E-state index in [-0.39, 0.29) is 18.0 Å². The summed E-state index contributed by atoms with van der Waals surface area (Å²) in [5, 5.41) is 11.7. The highest BCUT2D eigenvalue weighted by Crippen LogP contribution is 2.28. The fourth-order valence-corrected chi connectivity index (χ4v) is 3.24. The van der Waals surface area contributed by atoms with Crippen molar-refractivity contribution in [3.8, 4) is 0 Å². The molecule has 30 heavy (non-hydrogen) atoms. The minimum absolute atomic E-state index is 0.175. The van der Waals surface area contributed by atoms with Crippen molar-refractivity contribution in [1.29, 1.82) is 0 Å². The van der Waals surface area contributed by atoms with Gasteiger partial charge in [0.25, 0.3) is 17.7 Å². The van der Waals surface area contributed by atoms with Crippen LogP contribution in [0.25, 0.3) is 0 Å². The SMILES string of the molecule is O=C(O)c1ccc(CNC(=O)c2ccc(N3C(=O)c4ccccc4C3=O)cc2)cc1. The molecule has 1 aliphatic heterocycles. The fourth-order valence-electron chi connectivity index (χ4n) is 3.24. The number of hydrogen-bond donors (Lipinski definition) is 2. The number of carboxylic acids is 1. The smallest absolute Gasteiger partial charge is 0.335 e. The normalized spacial score (nSPS) is 12.6. The van der Waals surface area contributed by atoms with Gasteiger partial charge >= 0.3 is 5.97 Å². The molecule has 0 atom stereocenters. The van der Waals surface area contributed by atoms with Crippen LogP contribution in [0.1, 0.15) is 47.0 Å². The molecule has 148 valence electrons.